The van der Waals surface area contributed by atoms with Gasteiger partial charge in [0.1, 0.15) is 0 Å². The second-order valence-electron chi connectivity index (χ2n) is 5.36. The Morgan fingerprint density at radius 2 is 2.22 bits per heavy atom. The molecule has 1 aliphatic rings. The molecular formula is C14H19NO2S. The van der Waals surface area contributed by atoms with E-state index in [0.29, 0.717) is 5.56 Å². The molecule has 0 radical (unpaired) electrons. The highest BCUT2D eigenvalue weighted by Gasteiger charge is 2.49. The molecule has 0 bridgehead atoms. The number of thiol groups is 1. The molecular weight excluding hydrogens is 246 g/mol. The van der Waals surface area contributed by atoms with E-state index in [1.165, 1.54) is 0 Å². The second-order valence-corrected chi connectivity index (χ2v) is 5.87. The first-order valence-electron chi connectivity index (χ1n) is 6.08. The Balaban J connectivity index is 2.01. The maximum Gasteiger partial charge on any atom is 0.251 e. The van der Waals surface area contributed by atoms with Crippen LogP contribution in [0.3, 0.4) is 0 Å². The van der Waals surface area contributed by atoms with E-state index in [0.717, 1.165) is 11.3 Å². The molecule has 2 atom stereocenters. The minimum Gasteiger partial charge on any atom is -0.381 e. The summed E-state index contributed by atoms with van der Waals surface area (Å²) in [5.41, 5.74) is 0.641. The third-order valence-electron chi connectivity index (χ3n) is 3.88. The largest absolute Gasteiger partial charge is 0.381 e. The van der Waals surface area contributed by atoms with Crippen LogP contribution in [0.25, 0.3) is 0 Å². The van der Waals surface area contributed by atoms with Crippen molar-refractivity contribution in [2.45, 2.75) is 37.3 Å². The lowest BCUT2D eigenvalue weighted by Crippen LogP contribution is -2.61. The van der Waals surface area contributed by atoms with E-state index in [9.17, 15) is 4.79 Å². The molecule has 2 rings (SSSR count). The molecule has 98 valence electrons. The van der Waals surface area contributed by atoms with E-state index >= 15 is 0 Å². The highest BCUT2D eigenvalue weighted by Crippen LogP contribution is 2.42. The Bertz CT molecular complexity index is 459. The summed E-state index contributed by atoms with van der Waals surface area (Å²) in [5, 5.41) is 3.06. The van der Waals surface area contributed by atoms with Gasteiger partial charge in [-0.25, -0.2) is 0 Å². The van der Waals surface area contributed by atoms with Crippen molar-refractivity contribution in [3.8, 4) is 0 Å². The molecule has 1 aliphatic carbocycles. The van der Waals surface area contributed by atoms with Crippen molar-refractivity contribution in [3.63, 3.8) is 0 Å². The van der Waals surface area contributed by atoms with Crippen molar-refractivity contribution >= 4 is 18.5 Å². The maximum absolute atomic E-state index is 12.1. The SMILES string of the molecule is COC1CC(NC(=O)c2cccc(S)c2)C1(C)C. The van der Waals surface area contributed by atoms with Crippen LogP contribution >= 0.6 is 12.6 Å². The van der Waals surface area contributed by atoms with Gasteiger partial charge in [0.05, 0.1) is 6.10 Å². The summed E-state index contributed by atoms with van der Waals surface area (Å²) in [4.78, 5) is 12.9. The molecule has 0 aliphatic heterocycles. The summed E-state index contributed by atoms with van der Waals surface area (Å²) in [6.45, 7) is 4.23. The van der Waals surface area contributed by atoms with Gasteiger partial charge in [-0.3, -0.25) is 4.79 Å². The number of hydrogen-bond acceptors (Lipinski definition) is 3. The number of carbonyl (C=O) groups is 1. The maximum atomic E-state index is 12.1. The van der Waals surface area contributed by atoms with E-state index in [4.69, 9.17) is 4.74 Å². The molecule has 1 amide bonds. The van der Waals surface area contributed by atoms with E-state index in [1.54, 1.807) is 19.2 Å². The van der Waals surface area contributed by atoms with Crippen molar-refractivity contribution in [2.24, 2.45) is 5.41 Å². The van der Waals surface area contributed by atoms with Crippen LogP contribution in [0.1, 0.15) is 30.6 Å². The summed E-state index contributed by atoms with van der Waals surface area (Å²) in [6, 6.07) is 7.43. The molecule has 0 heterocycles. The minimum absolute atomic E-state index is 0.0109. The zero-order valence-corrected chi connectivity index (χ0v) is 11.8. The summed E-state index contributed by atoms with van der Waals surface area (Å²) in [6.07, 6.45) is 1.09. The van der Waals surface area contributed by atoms with Gasteiger partial charge >= 0.3 is 0 Å². The molecule has 1 fully saturated rings. The van der Waals surface area contributed by atoms with Crippen LogP contribution in [0.2, 0.25) is 0 Å². The molecule has 4 heteroatoms. The van der Waals surface area contributed by atoms with E-state index < -0.39 is 0 Å². The average Bonchev–Trinajstić information content (AvgIpc) is 2.33. The minimum atomic E-state index is -0.0430. The fourth-order valence-electron chi connectivity index (χ4n) is 2.42. The molecule has 3 nitrogen and oxygen atoms in total. The lowest BCUT2D eigenvalue weighted by Gasteiger charge is -2.51. The highest BCUT2D eigenvalue weighted by atomic mass is 32.1. The molecule has 2 unspecified atom stereocenters. The van der Waals surface area contributed by atoms with Gasteiger partial charge in [-0.2, -0.15) is 0 Å². The lowest BCUT2D eigenvalue weighted by atomic mass is 9.64. The van der Waals surface area contributed by atoms with Crippen molar-refractivity contribution in [1.29, 1.82) is 0 Å². The number of benzene rings is 1. The Kier molecular flexibility index (Phi) is 3.69. The summed E-state index contributed by atoms with van der Waals surface area (Å²) in [7, 11) is 1.72. The van der Waals surface area contributed by atoms with Gasteiger partial charge in [-0.1, -0.05) is 19.9 Å². The Labute approximate surface area is 113 Å². The van der Waals surface area contributed by atoms with Crippen LogP contribution in [-0.4, -0.2) is 25.2 Å². The molecule has 1 N–H and O–H groups in total. The number of carbonyl (C=O) groups excluding carboxylic acids is 1. The van der Waals surface area contributed by atoms with Crippen LogP contribution < -0.4 is 5.32 Å². The highest BCUT2D eigenvalue weighted by molar-refractivity contribution is 7.80. The van der Waals surface area contributed by atoms with Crippen LogP contribution in [-0.2, 0) is 4.74 Å². The fraction of sp³-hybridized carbons (Fsp3) is 0.500. The number of methoxy groups -OCH3 is 1. The molecule has 1 aromatic rings. The van der Waals surface area contributed by atoms with Gasteiger partial charge in [0.15, 0.2) is 0 Å². The lowest BCUT2D eigenvalue weighted by molar-refractivity contribution is -0.0942. The third-order valence-corrected chi connectivity index (χ3v) is 4.15. The Morgan fingerprint density at radius 1 is 1.50 bits per heavy atom. The standard InChI is InChI=1S/C14H19NO2S/c1-14(2)11(8-12(14)17-3)15-13(16)9-5-4-6-10(18)7-9/h4-7,11-12,18H,8H2,1-3H3,(H,15,16). The molecule has 0 saturated heterocycles. The normalized spacial score (nSPS) is 25.3. The molecule has 0 aromatic heterocycles. The van der Waals surface area contributed by atoms with Gasteiger partial charge in [-0.15, -0.1) is 12.6 Å². The van der Waals surface area contributed by atoms with Crippen molar-refractivity contribution < 1.29 is 9.53 Å². The van der Waals surface area contributed by atoms with Gasteiger partial charge in [0.25, 0.3) is 5.91 Å². The van der Waals surface area contributed by atoms with Crippen LogP contribution in [0.5, 0.6) is 0 Å². The first kappa shape index (κ1) is 13.4. The summed E-state index contributed by atoms with van der Waals surface area (Å²) < 4.78 is 5.37. The molecule has 18 heavy (non-hydrogen) atoms. The van der Waals surface area contributed by atoms with E-state index in [-0.39, 0.29) is 23.5 Å². The Hall–Kier alpha value is -1.00. The van der Waals surface area contributed by atoms with Gasteiger partial charge in [-0.05, 0) is 24.6 Å². The number of rotatable bonds is 3. The quantitative estimate of drug-likeness (QED) is 0.824. The van der Waals surface area contributed by atoms with Crippen LogP contribution in [0.15, 0.2) is 29.2 Å². The predicted octanol–water partition coefficient (Wildman–Crippen LogP) is 2.52. The van der Waals surface area contributed by atoms with Gasteiger partial charge in [0, 0.05) is 29.0 Å². The first-order chi connectivity index (χ1) is 8.45. The number of ether oxygens (including phenoxy) is 1. The van der Waals surface area contributed by atoms with Crippen molar-refractivity contribution in [2.75, 3.05) is 7.11 Å². The van der Waals surface area contributed by atoms with E-state index in [2.05, 4.69) is 31.8 Å². The van der Waals surface area contributed by atoms with E-state index in [1.807, 2.05) is 12.1 Å². The molecule has 1 saturated carbocycles. The van der Waals surface area contributed by atoms with Crippen LogP contribution in [0, 0.1) is 5.41 Å². The summed E-state index contributed by atoms with van der Waals surface area (Å²) >= 11 is 4.24. The smallest absolute Gasteiger partial charge is 0.251 e. The second kappa shape index (κ2) is 4.94. The fourth-order valence-corrected chi connectivity index (χ4v) is 2.64. The number of hydrogen-bond donors (Lipinski definition) is 2. The Morgan fingerprint density at radius 3 is 2.78 bits per heavy atom. The first-order valence-corrected chi connectivity index (χ1v) is 6.52. The molecule has 1 aromatic carbocycles. The average molecular weight is 265 g/mol. The zero-order valence-electron chi connectivity index (χ0n) is 10.9. The van der Waals surface area contributed by atoms with Crippen LogP contribution in [0.4, 0.5) is 0 Å². The van der Waals surface area contributed by atoms with Gasteiger partial charge in [0.2, 0.25) is 0 Å². The third kappa shape index (κ3) is 2.40. The summed E-state index contributed by atoms with van der Waals surface area (Å²) in [5.74, 6) is -0.0430. The predicted molar refractivity (Wildman–Crippen MR) is 74.1 cm³/mol. The number of nitrogens with one attached hydrogen (secondary N) is 1. The monoisotopic (exact) mass is 265 g/mol. The zero-order chi connectivity index (χ0) is 13.3. The molecule has 0 spiro atoms. The van der Waals surface area contributed by atoms with Crippen molar-refractivity contribution in [3.05, 3.63) is 29.8 Å². The topological polar surface area (TPSA) is 38.3 Å². The number of amides is 1. The van der Waals surface area contributed by atoms with Gasteiger partial charge < -0.3 is 10.1 Å². The van der Waals surface area contributed by atoms with Crippen molar-refractivity contribution in [1.82, 2.24) is 5.32 Å².